The normalized spacial score (nSPS) is 12.2. The van der Waals surface area contributed by atoms with Crippen molar-refractivity contribution in [2.24, 2.45) is 0 Å². The summed E-state index contributed by atoms with van der Waals surface area (Å²) in [6.45, 7) is 0. The van der Waals surface area contributed by atoms with Gasteiger partial charge in [-0.3, -0.25) is 0 Å². The predicted octanol–water partition coefficient (Wildman–Crippen LogP) is 7.62. The molecule has 3 aromatic carbocycles. The molecule has 0 aliphatic heterocycles. The number of pyridine rings is 1. The summed E-state index contributed by atoms with van der Waals surface area (Å²) in [4.78, 5) is 4.69. The summed E-state index contributed by atoms with van der Waals surface area (Å²) in [7, 11) is 0. The summed E-state index contributed by atoms with van der Waals surface area (Å²) in [5.74, 6) is 0. The van der Waals surface area contributed by atoms with Crippen LogP contribution in [0.25, 0.3) is 51.9 Å². The minimum Gasteiger partial charge on any atom is -0.235 e. The van der Waals surface area contributed by atoms with Crippen LogP contribution < -0.4 is 0 Å². The molecule has 0 radical (unpaired) electrons. The predicted molar refractivity (Wildman–Crippen MR) is 113 cm³/mol. The van der Waals surface area contributed by atoms with E-state index in [0.717, 1.165) is 10.2 Å². The van der Waals surface area contributed by atoms with Gasteiger partial charge in [-0.05, 0) is 39.1 Å². The summed E-state index contributed by atoms with van der Waals surface area (Å²) in [5.41, 5.74) is 0.964. The van der Waals surface area contributed by atoms with Crippen LogP contribution in [-0.4, -0.2) is 4.98 Å². The van der Waals surface area contributed by atoms with Crippen molar-refractivity contribution in [1.82, 2.24) is 4.98 Å². The molecule has 1 nitrogen and oxygen atoms in total. The number of hydrogen-bond donors (Lipinski definition) is 0. The molecule has 0 atom stereocenters. The second-order valence-corrected chi connectivity index (χ2v) is 8.73. The van der Waals surface area contributed by atoms with Crippen LogP contribution in [0.5, 0.6) is 0 Å². The van der Waals surface area contributed by atoms with Crippen molar-refractivity contribution in [1.29, 1.82) is 0 Å². The highest BCUT2D eigenvalue weighted by Crippen LogP contribution is 2.45. The quantitative estimate of drug-likeness (QED) is 0.196. The Kier molecular flexibility index (Phi) is 2.76. The van der Waals surface area contributed by atoms with Crippen molar-refractivity contribution in [2.75, 3.05) is 0 Å². The molecular weight excluding hydrogens is 366 g/mol. The van der Waals surface area contributed by atoms with Crippen molar-refractivity contribution in [3.05, 3.63) is 65.1 Å². The van der Waals surface area contributed by atoms with Crippen LogP contribution >= 0.6 is 34.3 Å². The van der Waals surface area contributed by atoms with E-state index < -0.39 is 0 Å². The summed E-state index contributed by atoms with van der Waals surface area (Å²) in [5, 5.41) is 11.6. The van der Waals surface area contributed by atoms with Crippen LogP contribution in [-0.2, 0) is 0 Å². The van der Waals surface area contributed by atoms with Gasteiger partial charge < -0.3 is 0 Å². The van der Waals surface area contributed by atoms with Gasteiger partial charge in [-0.2, -0.15) is 0 Å². The Bertz CT molecular complexity index is 1460. The first-order chi connectivity index (χ1) is 12.3. The zero-order valence-electron chi connectivity index (χ0n) is 12.9. The second kappa shape index (κ2) is 4.92. The Morgan fingerprint density at radius 3 is 2.60 bits per heavy atom. The Balaban J connectivity index is 1.98. The van der Waals surface area contributed by atoms with E-state index in [0.29, 0.717) is 5.15 Å². The summed E-state index contributed by atoms with van der Waals surface area (Å²) in [6, 6.07) is 19.5. The molecule has 0 N–H and O–H groups in total. The lowest BCUT2D eigenvalue weighted by atomic mass is 9.97. The van der Waals surface area contributed by atoms with Gasteiger partial charge in [0.15, 0.2) is 0 Å². The van der Waals surface area contributed by atoms with Crippen LogP contribution in [0, 0.1) is 0 Å². The van der Waals surface area contributed by atoms with E-state index in [9.17, 15) is 0 Å². The Hall–Kier alpha value is -2.20. The maximum atomic E-state index is 6.51. The second-order valence-electron chi connectivity index (χ2n) is 6.17. The zero-order chi connectivity index (χ0) is 16.5. The number of aromatic nitrogens is 1. The standard InChI is InChI=1S/C21H10ClNS2/c22-20-19-18(15-9-10-24-21(15)25-19)17-14-6-5-11-3-1-2-4-12(11)13(14)7-8-16(17)23-20/h1-10H. The third-order valence-corrected chi connectivity index (χ3v) is 7.52. The van der Waals surface area contributed by atoms with Crippen molar-refractivity contribution in [3.8, 4) is 0 Å². The first-order valence-electron chi connectivity index (χ1n) is 8.00. The molecule has 4 heteroatoms. The summed E-state index contributed by atoms with van der Waals surface area (Å²) in [6.07, 6.45) is 0. The van der Waals surface area contributed by atoms with Gasteiger partial charge in [0.2, 0.25) is 0 Å². The zero-order valence-corrected chi connectivity index (χ0v) is 15.3. The monoisotopic (exact) mass is 375 g/mol. The number of benzene rings is 3. The van der Waals surface area contributed by atoms with Crippen LogP contribution in [0.4, 0.5) is 0 Å². The lowest BCUT2D eigenvalue weighted by Gasteiger charge is -2.09. The Morgan fingerprint density at radius 1 is 0.760 bits per heavy atom. The van der Waals surface area contributed by atoms with Crippen molar-refractivity contribution in [2.45, 2.75) is 0 Å². The van der Waals surface area contributed by atoms with Gasteiger partial charge in [0.25, 0.3) is 0 Å². The molecular formula is C21H10ClNS2. The fourth-order valence-electron chi connectivity index (χ4n) is 3.81. The highest BCUT2D eigenvalue weighted by molar-refractivity contribution is 7.41. The van der Waals surface area contributed by atoms with E-state index in [1.807, 2.05) is 0 Å². The van der Waals surface area contributed by atoms with Crippen molar-refractivity contribution < 1.29 is 0 Å². The number of thiophene rings is 2. The van der Waals surface area contributed by atoms with E-state index in [1.165, 1.54) is 41.7 Å². The van der Waals surface area contributed by atoms with Crippen molar-refractivity contribution in [3.63, 3.8) is 0 Å². The molecule has 0 fully saturated rings. The summed E-state index contributed by atoms with van der Waals surface area (Å²) < 4.78 is 2.40. The molecule has 0 aliphatic rings. The van der Waals surface area contributed by atoms with Gasteiger partial charge in [-0.1, -0.05) is 54.1 Å². The molecule has 6 rings (SSSR count). The lowest BCUT2D eigenvalue weighted by Crippen LogP contribution is -1.85. The molecule has 3 aromatic heterocycles. The topological polar surface area (TPSA) is 12.9 Å². The fraction of sp³-hybridized carbons (Fsp3) is 0. The number of hydrogen-bond acceptors (Lipinski definition) is 3. The largest absolute Gasteiger partial charge is 0.235 e. The minimum atomic E-state index is 0.607. The molecule has 3 heterocycles. The molecule has 0 spiro atoms. The Morgan fingerprint density at radius 2 is 1.64 bits per heavy atom. The summed E-state index contributed by atoms with van der Waals surface area (Å²) >= 11 is 10.0. The fourth-order valence-corrected chi connectivity index (χ4v) is 6.25. The van der Waals surface area contributed by atoms with E-state index in [2.05, 4.69) is 65.0 Å². The maximum Gasteiger partial charge on any atom is 0.147 e. The van der Waals surface area contributed by atoms with E-state index in [1.54, 1.807) is 22.7 Å². The van der Waals surface area contributed by atoms with Crippen LogP contribution in [0.2, 0.25) is 5.15 Å². The average molecular weight is 376 g/mol. The number of nitrogens with zero attached hydrogens (tertiary/aromatic N) is 1. The SMILES string of the molecule is Clc1nc2ccc3c4ccccc4ccc3c2c2c1sc1sccc12. The first kappa shape index (κ1) is 14.0. The van der Waals surface area contributed by atoms with Gasteiger partial charge in [-0.25, -0.2) is 4.98 Å². The van der Waals surface area contributed by atoms with Crippen LogP contribution in [0.15, 0.2) is 60.0 Å². The molecule has 0 saturated heterocycles. The van der Waals surface area contributed by atoms with E-state index in [-0.39, 0.29) is 0 Å². The van der Waals surface area contributed by atoms with Crippen LogP contribution in [0.3, 0.4) is 0 Å². The smallest absolute Gasteiger partial charge is 0.147 e. The van der Waals surface area contributed by atoms with E-state index >= 15 is 0 Å². The molecule has 0 unspecified atom stereocenters. The Labute approximate surface area is 156 Å². The third kappa shape index (κ3) is 1.81. The third-order valence-electron chi connectivity index (χ3n) is 4.88. The maximum absolute atomic E-state index is 6.51. The first-order valence-corrected chi connectivity index (χ1v) is 10.1. The molecule has 118 valence electrons. The number of halogens is 1. The van der Waals surface area contributed by atoms with E-state index in [4.69, 9.17) is 11.6 Å². The molecule has 6 aromatic rings. The number of fused-ring (bicyclic) bond motifs is 9. The minimum absolute atomic E-state index is 0.607. The van der Waals surface area contributed by atoms with Gasteiger partial charge in [0.1, 0.15) is 5.15 Å². The van der Waals surface area contributed by atoms with Crippen molar-refractivity contribution >= 4 is 86.2 Å². The number of rotatable bonds is 0. The van der Waals surface area contributed by atoms with Gasteiger partial charge >= 0.3 is 0 Å². The highest BCUT2D eigenvalue weighted by atomic mass is 35.5. The van der Waals surface area contributed by atoms with Gasteiger partial charge in [-0.15, -0.1) is 22.7 Å². The molecule has 0 saturated carbocycles. The highest BCUT2D eigenvalue weighted by Gasteiger charge is 2.16. The molecule has 0 aliphatic carbocycles. The molecule has 25 heavy (non-hydrogen) atoms. The van der Waals surface area contributed by atoms with Gasteiger partial charge in [0, 0.05) is 16.2 Å². The molecule has 0 bridgehead atoms. The molecule has 0 amide bonds. The average Bonchev–Trinajstić information content (AvgIpc) is 3.23. The van der Waals surface area contributed by atoms with Gasteiger partial charge in [0.05, 0.1) is 14.2 Å². The lowest BCUT2D eigenvalue weighted by molar-refractivity contribution is 1.46. The van der Waals surface area contributed by atoms with Crippen LogP contribution in [0.1, 0.15) is 0 Å².